The number of rotatable bonds is 10. The normalized spacial score (nSPS) is 51.0. The molecule has 0 bridgehead atoms. The number of hydrogen-bond acceptors (Lipinski definition) is 20. The molecule has 4 aliphatic heterocycles. The Kier molecular flexibility index (Phi) is 13.2. The van der Waals surface area contributed by atoms with Crippen molar-refractivity contribution in [3.8, 4) is 0 Å². The molecular weight excluding hydrogens is 646 g/mol. The summed E-state index contributed by atoms with van der Waals surface area (Å²) in [5.74, 6) is -0.713. The maximum atomic E-state index is 12.0. The molecule has 4 saturated heterocycles. The van der Waals surface area contributed by atoms with Gasteiger partial charge in [0.15, 0.2) is 25.2 Å². The average molecular weight is 692 g/mol. The fourth-order valence-corrected chi connectivity index (χ4v) is 5.86. The van der Waals surface area contributed by atoms with Gasteiger partial charge >= 0.3 is 0 Å². The first-order valence-corrected chi connectivity index (χ1v) is 15.0. The van der Waals surface area contributed by atoms with Gasteiger partial charge in [-0.25, -0.2) is 0 Å². The number of carbonyl (C=O) groups excluding carboxylic acids is 1. The third-order valence-electron chi connectivity index (χ3n) is 8.57. The fraction of sp³-hybridized carbons (Fsp3) is 0.962. The number of amides is 1. The molecule has 20 atom stereocenters. The predicted octanol–water partition coefficient (Wildman–Crippen LogP) is -8.58. The zero-order chi connectivity index (χ0) is 34.9. The summed E-state index contributed by atoms with van der Waals surface area (Å²) in [7, 11) is 0. The SMILES string of the molecule is CC(=O)N[C@H]1[C@@H](O[C@H]2[C@@H](O)[C@@H](CO)O[C@@H](O[C@@H]3[C@@H](O)[C@H](O)O[C@H](CO)[C@H]3O)[C@@H]2O[C@@H]2O[C@@H](C)[C@@H](O)[C@@H](O)[C@@H]2O)O[C@H](CO)[C@H](O)[C@@H]1O. The molecule has 4 rings (SSSR count). The van der Waals surface area contributed by atoms with Crippen LogP contribution in [0.4, 0.5) is 0 Å². The molecule has 13 N–H and O–H groups in total. The molecule has 0 saturated carbocycles. The molecule has 0 aliphatic carbocycles. The largest absolute Gasteiger partial charge is 0.394 e. The standard InChI is InChI=1S/C26H45NO20/c1-6-12(32)17(37)18(38)25(41-6)47-22-21(46-24-11(27-7(2)31)16(36)13(33)8(3-28)43-24)15(35)10(5-30)44-26(22)45-20-14(34)9(4-29)42-23(40)19(20)39/h6,8-26,28-30,32-40H,3-5H2,1-2H3,(H,27,31)/t6-,8+,9+,10+,11+,12+,13-,14+,15-,16+,17+,18-,19+,20-,21-,22+,23+,24+,25-,26-/m0/s1. The van der Waals surface area contributed by atoms with Gasteiger partial charge in [-0.2, -0.15) is 0 Å². The summed E-state index contributed by atoms with van der Waals surface area (Å²) in [6, 6.07) is -1.54. The van der Waals surface area contributed by atoms with Gasteiger partial charge in [-0.3, -0.25) is 4.79 Å². The number of ether oxygens (including phenoxy) is 7. The van der Waals surface area contributed by atoms with E-state index in [9.17, 15) is 66.1 Å². The highest BCUT2D eigenvalue weighted by molar-refractivity contribution is 5.73. The van der Waals surface area contributed by atoms with Gasteiger partial charge in [0.1, 0.15) is 91.5 Å². The number of carbonyl (C=O) groups is 1. The molecular formula is C26H45NO20. The topological polar surface area (TPSA) is 336 Å². The molecule has 1 amide bonds. The van der Waals surface area contributed by atoms with Crippen molar-refractivity contribution in [2.24, 2.45) is 0 Å². The number of nitrogens with one attached hydrogen (secondary N) is 1. The molecule has 21 heteroatoms. The van der Waals surface area contributed by atoms with Crippen LogP contribution >= 0.6 is 0 Å². The van der Waals surface area contributed by atoms with E-state index in [4.69, 9.17) is 33.2 Å². The van der Waals surface area contributed by atoms with Gasteiger partial charge in [-0.1, -0.05) is 0 Å². The molecule has 4 fully saturated rings. The van der Waals surface area contributed by atoms with E-state index in [1.54, 1.807) is 0 Å². The van der Waals surface area contributed by atoms with Crippen LogP contribution < -0.4 is 5.32 Å². The van der Waals surface area contributed by atoms with Crippen molar-refractivity contribution in [2.45, 2.75) is 137 Å². The minimum Gasteiger partial charge on any atom is -0.394 e. The van der Waals surface area contributed by atoms with Gasteiger partial charge in [-0.05, 0) is 6.92 Å². The van der Waals surface area contributed by atoms with Crippen molar-refractivity contribution in [1.29, 1.82) is 0 Å². The van der Waals surface area contributed by atoms with Gasteiger partial charge in [-0.15, -0.1) is 0 Å². The third kappa shape index (κ3) is 8.04. The minimum atomic E-state index is -1.98. The van der Waals surface area contributed by atoms with Crippen molar-refractivity contribution in [3.05, 3.63) is 0 Å². The van der Waals surface area contributed by atoms with Crippen LogP contribution in [0.15, 0.2) is 0 Å². The van der Waals surface area contributed by atoms with Crippen LogP contribution in [0.5, 0.6) is 0 Å². The predicted molar refractivity (Wildman–Crippen MR) is 144 cm³/mol. The van der Waals surface area contributed by atoms with Crippen LogP contribution in [0, 0.1) is 0 Å². The second kappa shape index (κ2) is 16.2. The van der Waals surface area contributed by atoms with Crippen LogP contribution in [-0.2, 0) is 38.0 Å². The summed E-state index contributed by atoms with van der Waals surface area (Å²) < 4.78 is 39.5. The maximum absolute atomic E-state index is 12.0. The summed E-state index contributed by atoms with van der Waals surface area (Å²) in [6.07, 6.45) is -33.2. The zero-order valence-corrected chi connectivity index (χ0v) is 25.3. The lowest BCUT2D eigenvalue weighted by molar-refractivity contribution is -0.400. The van der Waals surface area contributed by atoms with Crippen LogP contribution in [0.1, 0.15) is 13.8 Å². The first-order valence-electron chi connectivity index (χ1n) is 15.0. The molecule has 0 aromatic heterocycles. The van der Waals surface area contributed by atoms with E-state index in [0.717, 1.165) is 6.92 Å². The van der Waals surface area contributed by atoms with E-state index < -0.39 is 148 Å². The lowest BCUT2D eigenvalue weighted by Crippen LogP contribution is -2.69. The Morgan fingerprint density at radius 2 is 1.06 bits per heavy atom. The highest BCUT2D eigenvalue weighted by Crippen LogP contribution is 2.35. The Morgan fingerprint density at radius 1 is 0.553 bits per heavy atom. The fourth-order valence-electron chi connectivity index (χ4n) is 5.86. The molecule has 0 spiro atoms. The van der Waals surface area contributed by atoms with Crippen molar-refractivity contribution in [3.63, 3.8) is 0 Å². The van der Waals surface area contributed by atoms with Crippen LogP contribution in [0.3, 0.4) is 0 Å². The highest BCUT2D eigenvalue weighted by Gasteiger charge is 2.56. The van der Waals surface area contributed by atoms with Crippen molar-refractivity contribution >= 4 is 5.91 Å². The second-order valence-electron chi connectivity index (χ2n) is 11.9. The molecule has 0 aromatic rings. The lowest BCUT2D eigenvalue weighted by atomic mass is 9.94. The van der Waals surface area contributed by atoms with Gasteiger partial charge < -0.3 is 99.8 Å². The first kappa shape index (κ1) is 38.5. The molecule has 0 radical (unpaired) electrons. The summed E-state index contributed by atoms with van der Waals surface area (Å²) in [6.45, 7) is -0.159. The summed E-state index contributed by atoms with van der Waals surface area (Å²) in [4.78, 5) is 12.0. The molecule has 4 heterocycles. The quantitative estimate of drug-likeness (QED) is 0.101. The van der Waals surface area contributed by atoms with Crippen LogP contribution in [0.25, 0.3) is 0 Å². The molecule has 0 unspecified atom stereocenters. The van der Waals surface area contributed by atoms with Crippen LogP contribution in [-0.4, -0.2) is 210 Å². The van der Waals surface area contributed by atoms with Crippen molar-refractivity contribution in [2.75, 3.05) is 19.8 Å². The average Bonchev–Trinajstić information content (AvgIpc) is 3.04. The lowest BCUT2D eigenvalue weighted by Gasteiger charge is -2.50. The Hall–Kier alpha value is -1.29. The highest BCUT2D eigenvalue weighted by atomic mass is 16.8. The van der Waals surface area contributed by atoms with E-state index in [-0.39, 0.29) is 0 Å². The van der Waals surface area contributed by atoms with Gasteiger partial charge in [0.25, 0.3) is 0 Å². The van der Waals surface area contributed by atoms with Crippen LogP contribution in [0.2, 0.25) is 0 Å². The maximum Gasteiger partial charge on any atom is 0.217 e. The van der Waals surface area contributed by atoms with Crippen molar-refractivity contribution in [1.82, 2.24) is 5.32 Å². The van der Waals surface area contributed by atoms with E-state index in [1.165, 1.54) is 6.92 Å². The second-order valence-corrected chi connectivity index (χ2v) is 11.9. The molecule has 0 aromatic carbocycles. The summed E-state index contributed by atoms with van der Waals surface area (Å²) in [5, 5.41) is 127. The monoisotopic (exact) mass is 691 g/mol. The van der Waals surface area contributed by atoms with Gasteiger partial charge in [0.05, 0.1) is 25.9 Å². The van der Waals surface area contributed by atoms with E-state index in [1.807, 2.05) is 0 Å². The Morgan fingerprint density at radius 3 is 1.66 bits per heavy atom. The van der Waals surface area contributed by atoms with Gasteiger partial charge in [0.2, 0.25) is 5.91 Å². The minimum absolute atomic E-state index is 0.713. The smallest absolute Gasteiger partial charge is 0.217 e. The zero-order valence-electron chi connectivity index (χ0n) is 25.3. The number of aliphatic hydroxyl groups is 12. The first-order chi connectivity index (χ1) is 22.1. The summed E-state index contributed by atoms with van der Waals surface area (Å²) >= 11 is 0. The molecule has 47 heavy (non-hydrogen) atoms. The van der Waals surface area contributed by atoms with E-state index >= 15 is 0 Å². The Labute approximate surface area is 267 Å². The summed E-state index contributed by atoms with van der Waals surface area (Å²) in [5.41, 5.74) is 0. The van der Waals surface area contributed by atoms with Crippen molar-refractivity contribution < 1.29 is 99.2 Å². The van der Waals surface area contributed by atoms with E-state index in [2.05, 4.69) is 5.32 Å². The Balaban J connectivity index is 1.73. The van der Waals surface area contributed by atoms with E-state index in [0.29, 0.717) is 0 Å². The van der Waals surface area contributed by atoms with Gasteiger partial charge in [0, 0.05) is 6.92 Å². The Bertz CT molecular complexity index is 1010. The number of hydrogen-bond donors (Lipinski definition) is 13. The molecule has 21 nitrogen and oxygen atoms in total. The number of aliphatic hydroxyl groups excluding tert-OH is 12. The third-order valence-corrected chi connectivity index (χ3v) is 8.57. The molecule has 274 valence electrons. The molecule has 4 aliphatic rings.